The molecule has 6 aromatic rings. The van der Waals surface area contributed by atoms with Crippen LogP contribution in [0.25, 0.3) is 45.2 Å². The number of alkyl halides is 3. The molecule has 0 fully saturated rings. The highest BCUT2D eigenvalue weighted by Crippen LogP contribution is 2.32. The van der Waals surface area contributed by atoms with Gasteiger partial charge in [0, 0.05) is 33.4 Å². The summed E-state index contributed by atoms with van der Waals surface area (Å²) in [5.74, 6) is 0. The summed E-state index contributed by atoms with van der Waals surface area (Å²) in [7, 11) is 0. The van der Waals surface area contributed by atoms with Crippen LogP contribution in [0.4, 0.5) is 13.2 Å². The normalized spacial score (nSPS) is 12.0. The monoisotopic (exact) mass is 618 g/mol. The van der Waals surface area contributed by atoms with Crippen molar-refractivity contribution in [1.82, 2.24) is 19.2 Å². The molecule has 0 N–H and O–H groups in total. The van der Waals surface area contributed by atoms with Crippen molar-refractivity contribution in [3.63, 3.8) is 0 Å². The van der Waals surface area contributed by atoms with E-state index in [-0.39, 0.29) is 11.1 Å². The summed E-state index contributed by atoms with van der Waals surface area (Å²) in [4.78, 5) is 18.6. The van der Waals surface area contributed by atoms with E-state index >= 15 is 0 Å². The van der Waals surface area contributed by atoms with Gasteiger partial charge >= 0.3 is 6.18 Å². The second-order valence-corrected chi connectivity index (χ2v) is 10.6. The van der Waals surface area contributed by atoms with Gasteiger partial charge in [-0.05, 0) is 54.1 Å². The number of benzene rings is 3. The fourth-order valence-electron chi connectivity index (χ4n) is 4.34. The van der Waals surface area contributed by atoms with Crippen molar-refractivity contribution < 1.29 is 13.2 Å². The fraction of sp³-hybridized carbons (Fsp3) is 0.0333. The third kappa shape index (κ3) is 5.03. The molecular weight excluding hydrogens is 601 g/mol. The Balaban J connectivity index is 1.49. The Hall–Kier alpha value is -4.28. The van der Waals surface area contributed by atoms with E-state index in [0.29, 0.717) is 16.2 Å². The van der Waals surface area contributed by atoms with Crippen molar-refractivity contribution >= 4 is 44.4 Å². The van der Waals surface area contributed by atoms with Gasteiger partial charge in [-0.15, -0.1) is 11.3 Å². The first-order valence-electron chi connectivity index (χ1n) is 12.0. The van der Waals surface area contributed by atoms with Gasteiger partial charge in [0.05, 0.1) is 28.2 Å². The standard InChI is InChI=1S/C30H18BrF3N4OS/c31-23-13-8-20(9-14-23)27-21(18-38(36-27)24-4-2-1-3-5-24)10-15-25-26(28(39)37-16-17-40-29(37)35-25)19-6-11-22(12-7-19)30(32,33)34/h1-18H/b15-10+. The van der Waals surface area contributed by atoms with Gasteiger partial charge in [0.2, 0.25) is 0 Å². The molecule has 0 spiro atoms. The van der Waals surface area contributed by atoms with Crippen molar-refractivity contribution in [1.29, 1.82) is 0 Å². The Labute approximate surface area is 238 Å². The molecule has 0 amide bonds. The highest BCUT2D eigenvalue weighted by molar-refractivity contribution is 9.10. The molecule has 0 aliphatic carbocycles. The van der Waals surface area contributed by atoms with Crippen LogP contribution in [0.3, 0.4) is 0 Å². The average Bonchev–Trinajstić information content (AvgIpc) is 3.60. The van der Waals surface area contributed by atoms with Crippen LogP contribution < -0.4 is 5.56 Å². The maximum Gasteiger partial charge on any atom is 0.416 e. The van der Waals surface area contributed by atoms with E-state index in [2.05, 4.69) is 20.9 Å². The molecule has 0 aliphatic heterocycles. The van der Waals surface area contributed by atoms with Gasteiger partial charge in [-0.1, -0.05) is 58.4 Å². The molecule has 0 bridgehead atoms. The Kier molecular flexibility index (Phi) is 6.73. The lowest BCUT2D eigenvalue weighted by atomic mass is 10.0. The first kappa shape index (κ1) is 26.0. The van der Waals surface area contributed by atoms with Crippen molar-refractivity contribution in [2.75, 3.05) is 0 Å². The van der Waals surface area contributed by atoms with Gasteiger partial charge in [0.25, 0.3) is 5.56 Å². The number of hydrogen-bond donors (Lipinski definition) is 0. The van der Waals surface area contributed by atoms with Crippen LogP contribution in [0.15, 0.2) is 106 Å². The number of aromatic nitrogens is 4. The summed E-state index contributed by atoms with van der Waals surface area (Å²) in [6.45, 7) is 0. The van der Waals surface area contributed by atoms with Crippen LogP contribution in [0.1, 0.15) is 16.8 Å². The van der Waals surface area contributed by atoms with Crippen LogP contribution in [0.5, 0.6) is 0 Å². The molecule has 5 nitrogen and oxygen atoms in total. The predicted molar refractivity (Wildman–Crippen MR) is 155 cm³/mol. The molecule has 40 heavy (non-hydrogen) atoms. The van der Waals surface area contributed by atoms with E-state index in [4.69, 9.17) is 5.10 Å². The van der Waals surface area contributed by atoms with Gasteiger partial charge < -0.3 is 0 Å². The molecule has 198 valence electrons. The van der Waals surface area contributed by atoms with Crippen molar-refractivity contribution in [2.24, 2.45) is 0 Å². The minimum atomic E-state index is -4.48. The van der Waals surface area contributed by atoms with Crippen molar-refractivity contribution in [3.8, 4) is 28.1 Å². The average molecular weight is 619 g/mol. The van der Waals surface area contributed by atoms with Crippen LogP contribution in [-0.4, -0.2) is 19.2 Å². The zero-order chi connectivity index (χ0) is 27.9. The highest BCUT2D eigenvalue weighted by Gasteiger charge is 2.30. The number of halogens is 4. The topological polar surface area (TPSA) is 52.2 Å². The molecule has 3 aromatic heterocycles. The summed E-state index contributed by atoms with van der Waals surface area (Å²) in [6.07, 6.45) is 2.55. The Morgan fingerprint density at radius 2 is 1.57 bits per heavy atom. The SMILES string of the molecule is O=c1c(-c2ccc(C(F)(F)F)cc2)c(/C=C/c2cn(-c3ccccc3)nc2-c2ccc(Br)cc2)nc2sccn12. The van der Waals surface area contributed by atoms with Crippen molar-refractivity contribution in [3.05, 3.63) is 128 Å². The first-order chi connectivity index (χ1) is 19.3. The molecule has 6 rings (SSSR count). The summed E-state index contributed by atoms with van der Waals surface area (Å²) in [5.41, 5.74) is 3.02. The third-order valence-corrected chi connectivity index (χ3v) is 7.58. The van der Waals surface area contributed by atoms with Crippen LogP contribution in [0.2, 0.25) is 0 Å². The largest absolute Gasteiger partial charge is 0.416 e. The van der Waals surface area contributed by atoms with E-state index in [0.717, 1.165) is 39.1 Å². The van der Waals surface area contributed by atoms with E-state index < -0.39 is 11.7 Å². The molecule has 0 radical (unpaired) electrons. The lowest BCUT2D eigenvalue weighted by Crippen LogP contribution is -2.17. The maximum atomic E-state index is 13.5. The zero-order valence-electron chi connectivity index (χ0n) is 20.5. The molecule has 0 aliphatic rings. The van der Waals surface area contributed by atoms with E-state index in [1.54, 1.807) is 22.3 Å². The van der Waals surface area contributed by atoms with Gasteiger partial charge in [0.1, 0.15) is 0 Å². The summed E-state index contributed by atoms with van der Waals surface area (Å²) < 4.78 is 43.7. The molecule has 0 saturated heterocycles. The minimum absolute atomic E-state index is 0.210. The number of nitrogens with zero attached hydrogens (tertiary/aromatic N) is 4. The number of para-hydroxylation sites is 1. The van der Waals surface area contributed by atoms with Crippen molar-refractivity contribution in [2.45, 2.75) is 6.18 Å². The molecule has 0 unspecified atom stereocenters. The number of fused-ring (bicyclic) bond motifs is 1. The number of hydrogen-bond acceptors (Lipinski definition) is 4. The Morgan fingerprint density at radius 3 is 2.27 bits per heavy atom. The van der Waals surface area contributed by atoms with Crippen LogP contribution >= 0.6 is 27.3 Å². The summed E-state index contributed by atoms with van der Waals surface area (Å²) in [5, 5.41) is 6.56. The smallest absolute Gasteiger partial charge is 0.268 e. The number of thiazole rings is 1. The molecule has 3 heterocycles. The molecular formula is C30H18BrF3N4OS. The molecule has 0 saturated carbocycles. The van der Waals surface area contributed by atoms with E-state index in [1.807, 2.05) is 66.9 Å². The van der Waals surface area contributed by atoms with Gasteiger partial charge in [-0.25, -0.2) is 9.67 Å². The van der Waals surface area contributed by atoms with Crippen LogP contribution in [-0.2, 0) is 6.18 Å². The molecule has 3 aromatic carbocycles. The second kappa shape index (κ2) is 10.4. The quantitative estimate of drug-likeness (QED) is 0.195. The first-order valence-corrected chi connectivity index (χ1v) is 13.7. The summed E-state index contributed by atoms with van der Waals surface area (Å²) >= 11 is 4.77. The van der Waals surface area contributed by atoms with E-state index in [9.17, 15) is 18.0 Å². The van der Waals surface area contributed by atoms with E-state index in [1.165, 1.54) is 27.9 Å². The maximum absolute atomic E-state index is 13.5. The summed E-state index contributed by atoms with van der Waals surface area (Å²) in [6, 6.07) is 22.0. The fourth-order valence-corrected chi connectivity index (χ4v) is 5.31. The zero-order valence-corrected chi connectivity index (χ0v) is 22.9. The minimum Gasteiger partial charge on any atom is -0.268 e. The van der Waals surface area contributed by atoms with Gasteiger partial charge in [-0.2, -0.15) is 18.3 Å². The van der Waals surface area contributed by atoms with Gasteiger partial charge in [0.15, 0.2) is 4.96 Å². The molecule has 10 heteroatoms. The lowest BCUT2D eigenvalue weighted by molar-refractivity contribution is -0.137. The lowest BCUT2D eigenvalue weighted by Gasteiger charge is -2.09. The highest BCUT2D eigenvalue weighted by atomic mass is 79.9. The Morgan fingerprint density at radius 1 is 0.875 bits per heavy atom. The molecule has 0 atom stereocenters. The van der Waals surface area contributed by atoms with Gasteiger partial charge in [-0.3, -0.25) is 9.20 Å². The third-order valence-electron chi connectivity index (χ3n) is 6.30. The predicted octanol–water partition coefficient (Wildman–Crippen LogP) is 8.23. The Bertz CT molecular complexity index is 1910. The van der Waals surface area contributed by atoms with Crippen LogP contribution in [0, 0.1) is 0 Å². The number of rotatable bonds is 5. The second-order valence-electron chi connectivity index (χ2n) is 8.86.